The van der Waals surface area contributed by atoms with Gasteiger partial charge in [0.05, 0.1) is 39.6 Å². The summed E-state index contributed by atoms with van der Waals surface area (Å²) in [5.74, 6) is 1.96. The van der Waals surface area contributed by atoms with E-state index in [-0.39, 0.29) is 0 Å². The number of piperazine rings is 1. The molecule has 2 heterocycles. The third-order valence-electron chi connectivity index (χ3n) is 4.51. The van der Waals surface area contributed by atoms with E-state index in [2.05, 4.69) is 28.8 Å². The number of hydrogen-bond acceptors (Lipinski definition) is 3. The van der Waals surface area contributed by atoms with Gasteiger partial charge in [-0.25, -0.2) is 0 Å². The molecule has 4 N–H and O–H groups in total. The van der Waals surface area contributed by atoms with Gasteiger partial charge in [0.25, 0.3) is 0 Å². The molecule has 0 radical (unpaired) electrons. The Morgan fingerprint density at radius 2 is 1.95 bits per heavy atom. The lowest BCUT2D eigenvalue weighted by Crippen LogP contribution is -3.16. The number of anilines is 1. The van der Waals surface area contributed by atoms with Crippen LogP contribution in [0.1, 0.15) is 11.8 Å². The summed E-state index contributed by atoms with van der Waals surface area (Å²) in [6.45, 7) is 5.18. The van der Waals surface area contributed by atoms with Crippen LogP contribution in [-0.2, 0) is 0 Å². The maximum atomic E-state index is 5.59. The number of nitrogens with zero attached hydrogens (tertiary/aromatic N) is 1. The Hall–Kier alpha value is -1.98. The van der Waals surface area contributed by atoms with E-state index in [9.17, 15) is 0 Å². The maximum absolute atomic E-state index is 5.59. The second-order valence-electron chi connectivity index (χ2n) is 5.70. The second kappa shape index (κ2) is 6.85. The highest BCUT2D eigenvalue weighted by atomic mass is 16.5. The number of methoxy groups -OCH3 is 1. The normalized spacial score (nSPS) is 17.5. The van der Waals surface area contributed by atoms with E-state index >= 15 is 0 Å². The number of nitrogens with one attached hydrogen (secondary N) is 1. The molecule has 1 saturated heterocycles. The largest absolute Gasteiger partial charge is 0.497 e. The van der Waals surface area contributed by atoms with E-state index in [1.54, 1.807) is 18.3 Å². The van der Waals surface area contributed by atoms with Crippen LogP contribution in [0.25, 0.3) is 0 Å². The van der Waals surface area contributed by atoms with Gasteiger partial charge in [0.2, 0.25) is 0 Å². The predicted octanol–water partition coefficient (Wildman–Crippen LogP) is -0.0237. The predicted molar refractivity (Wildman–Crippen MR) is 85.1 cm³/mol. The molecule has 1 aliphatic heterocycles. The Balaban J connectivity index is 1.61. The minimum atomic E-state index is 0.369. The molecular formula is C17H25N3O2+2. The van der Waals surface area contributed by atoms with Gasteiger partial charge < -0.3 is 24.7 Å². The molecule has 118 valence electrons. The van der Waals surface area contributed by atoms with E-state index in [4.69, 9.17) is 9.15 Å². The monoisotopic (exact) mass is 303 g/mol. The molecule has 2 aromatic rings. The molecule has 5 heteroatoms. The lowest BCUT2D eigenvalue weighted by atomic mass is 10.1. The molecule has 0 amide bonds. The molecular weight excluding hydrogens is 278 g/mol. The van der Waals surface area contributed by atoms with Crippen molar-refractivity contribution in [3.8, 4) is 5.75 Å². The molecule has 1 fully saturated rings. The summed E-state index contributed by atoms with van der Waals surface area (Å²) in [5.41, 5.74) is 5.37. The average molecular weight is 303 g/mol. The third-order valence-corrected chi connectivity index (χ3v) is 4.51. The summed E-state index contributed by atoms with van der Waals surface area (Å²) >= 11 is 0. The van der Waals surface area contributed by atoms with E-state index < -0.39 is 0 Å². The summed E-state index contributed by atoms with van der Waals surface area (Å²) in [6.07, 6.45) is 1.75. The zero-order valence-electron chi connectivity index (χ0n) is 13.1. The fraction of sp³-hybridized carbons (Fsp3) is 0.412. The molecule has 1 aromatic carbocycles. The molecule has 0 aliphatic carbocycles. The van der Waals surface area contributed by atoms with Crippen molar-refractivity contribution in [2.24, 2.45) is 0 Å². The Labute approximate surface area is 131 Å². The van der Waals surface area contributed by atoms with E-state index in [1.165, 1.54) is 5.69 Å². The minimum absolute atomic E-state index is 0.369. The van der Waals surface area contributed by atoms with Crippen LogP contribution in [0.5, 0.6) is 5.75 Å². The first-order valence-electron chi connectivity index (χ1n) is 7.88. The number of hydrogen-bond donors (Lipinski definition) is 2. The summed E-state index contributed by atoms with van der Waals surface area (Å²) in [6, 6.07) is 12.7. The van der Waals surface area contributed by atoms with Crippen molar-refractivity contribution in [1.82, 2.24) is 0 Å². The Kier molecular flexibility index (Phi) is 4.65. The van der Waals surface area contributed by atoms with Crippen molar-refractivity contribution in [1.29, 1.82) is 0 Å². The van der Waals surface area contributed by atoms with E-state index in [0.717, 1.165) is 44.2 Å². The first-order valence-corrected chi connectivity index (χ1v) is 7.88. The lowest BCUT2D eigenvalue weighted by Gasteiger charge is -2.36. The van der Waals surface area contributed by atoms with Gasteiger partial charge >= 0.3 is 0 Å². The number of ether oxygens (including phenoxy) is 1. The fourth-order valence-corrected chi connectivity index (χ4v) is 3.23. The first-order chi connectivity index (χ1) is 10.8. The van der Waals surface area contributed by atoms with Crippen LogP contribution in [-0.4, -0.2) is 39.8 Å². The molecule has 1 aliphatic rings. The Morgan fingerprint density at radius 3 is 2.50 bits per heavy atom. The summed E-state index contributed by atoms with van der Waals surface area (Å²) in [7, 11) is 1.70. The topological polar surface area (TPSA) is 57.7 Å². The molecule has 5 nitrogen and oxygen atoms in total. The van der Waals surface area contributed by atoms with Crippen LogP contribution in [0.2, 0.25) is 0 Å². The Morgan fingerprint density at radius 1 is 1.23 bits per heavy atom. The SMILES string of the molecule is COc1ccc(N2CC[NH+]([C@H](C[NH3+])c3ccco3)CC2)cc1. The minimum Gasteiger partial charge on any atom is -0.497 e. The van der Waals surface area contributed by atoms with Crippen LogP contribution < -0.4 is 20.3 Å². The van der Waals surface area contributed by atoms with Gasteiger partial charge in [-0.2, -0.15) is 0 Å². The van der Waals surface area contributed by atoms with Gasteiger partial charge in [0, 0.05) is 5.69 Å². The molecule has 0 unspecified atom stereocenters. The van der Waals surface area contributed by atoms with Crippen LogP contribution in [0.3, 0.4) is 0 Å². The maximum Gasteiger partial charge on any atom is 0.195 e. The molecule has 22 heavy (non-hydrogen) atoms. The number of quaternary nitrogens is 2. The second-order valence-corrected chi connectivity index (χ2v) is 5.70. The number of benzene rings is 1. The highest BCUT2D eigenvalue weighted by molar-refractivity contribution is 5.49. The van der Waals surface area contributed by atoms with Gasteiger partial charge in [0.15, 0.2) is 11.8 Å². The van der Waals surface area contributed by atoms with Gasteiger partial charge in [-0.05, 0) is 36.4 Å². The smallest absolute Gasteiger partial charge is 0.195 e. The van der Waals surface area contributed by atoms with Crippen molar-refractivity contribution in [2.45, 2.75) is 6.04 Å². The highest BCUT2D eigenvalue weighted by Gasteiger charge is 2.30. The zero-order chi connectivity index (χ0) is 15.4. The van der Waals surface area contributed by atoms with Crippen LogP contribution in [0.4, 0.5) is 5.69 Å². The molecule has 0 bridgehead atoms. The van der Waals surface area contributed by atoms with Crippen LogP contribution in [0.15, 0.2) is 47.1 Å². The van der Waals surface area contributed by atoms with Gasteiger partial charge in [-0.1, -0.05) is 0 Å². The number of furan rings is 1. The standard InChI is InChI=1S/C17H23N3O2/c1-21-15-6-4-14(5-7-15)19-8-10-20(11-9-19)16(13-18)17-3-2-12-22-17/h2-7,12,16H,8-11,13,18H2,1H3/p+2/t16-/m1/s1. The van der Waals surface area contributed by atoms with Gasteiger partial charge in [-0.15, -0.1) is 0 Å². The third kappa shape index (κ3) is 3.10. The van der Waals surface area contributed by atoms with E-state index in [0.29, 0.717) is 6.04 Å². The van der Waals surface area contributed by atoms with E-state index in [1.807, 2.05) is 18.2 Å². The van der Waals surface area contributed by atoms with Gasteiger partial charge in [-0.3, -0.25) is 0 Å². The molecule has 3 rings (SSSR count). The van der Waals surface area contributed by atoms with Crippen LogP contribution >= 0.6 is 0 Å². The van der Waals surface area contributed by atoms with Crippen LogP contribution in [0, 0.1) is 0 Å². The summed E-state index contributed by atoms with van der Waals surface area (Å²) in [4.78, 5) is 4.00. The fourth-order valence-electron chi connectivity index (χ4n) is 3.23. The van der Waals surface area contributed by atoms with Crippen molar-refractivity contribution < 1.29 is 19.8 Å². The number of rotatable bonds is 5. The molecule has 1 atom stereocenters. The quantitative estimate of drug-likeness (QED) is 0.816. The van der Waals surface area contributed by atoms with Crippen molar-refractivity contribution in [2.75, 3.05) is 44.7 Å². The van der Waals surface area contributed by atoms with Gasteiger partial charge in [0.1, 0.15) is 12.3 Å². The lowest BCUT2D eigenvalue weighted by molar-refractivity contribution is -0.939. The van der Waals surface area contributed by atoms with Crippen molar-refractivity contribution >= 4 is 5.69 Å². The zero-order valence-corrected chi connectivity index (χ0v) is 13.1. The molecule has 0 saturated carbocycles. The van der Waals surface area contributed by atoms with Crippen molar-refractivity contribution in [3.05, 3.63) is 48.4 Å². The average Bonchev–Trinajstić information content (AvgIpc) is 3.11. The highest BCUT2D eigenvalue weighted by Crippen LogP contribution is 2.19. The summed E-state index contributed by atoms with van der Waals surface area (Å²) in [5, 5.41) is 0. The van der Waals surface area contributed by atoms with Crippen molar-refractivity contribution in [3.63, 3.8) is 0 Å². The first kappa shape index (κ1) is 14.9. The Bertz CT molecular complexity index is 560. The molecule has 0 spiro atoms. The summed E-state index contributed by atoms with van der Waals surface area (Å²) < 4.78 is 10.8. The molecule has 1 aromatic heterocycles.